The van der Waals surface area contributed by atoms with Crippen LogP contribution in [0.5, 0.6) is 0 Å². The first kappa shape index (κ1) is 43.4. The maximum absolute atomic E-state index is 14.3. The first-order valence-electron chi connectivity index (χ1n) is 20.7. The van der Waals surface area contributed by atoms with E-state index in [1.165, 1.54) is 0 Å². The molecule has 1 saturated heterocycles. The van der Waals surface area contributed by atoms with Crippen molar-refractivity contribution in [1.29, 1.82) is 0 Å². The first-order chi connectivity index (χ1) is 28.9. The van der Waals surface area contributed by atoms with Crippen LogP contribution in [0.25, 0.3) is 11.1 Å². The normalized spacial score (nSPS) is 14.8. The van der Waals surface area contributed by atoms with E-state index in [2.05, 4.69) is 34.9 Å². The Morgan fingerprint density at radius 1 is 0.700 bits per heavy atom. The van der Waals surface area contributed by atoms with Gasteiger partial charge in [-0.2, -0.15) is 0 Å². The molecule has 0 unspecified atom stereocenters. The summed E-state index contributed by atoms with van der Waals surface area (Å²) < 4.78 is 22.5. The highest BCUT2D eigenvalue weighted by Crippen LogP contribution is 2.44. The van der Waals surface area contributed by atoms with Gasteiger partial charge in [-0.25, -0.2) is 14.4 Å². The van der Waals surface area contributed by atoms with E-state index in [0.29, 0.717) is 25.8 Å². The highest BCUT2D eigenvalue weighted by molar-refractivity contribution is 5.88. The lowest BCUT2D eigenvalue weighted by Gasteiger charge is -2.41. The molecule has 0 spiro atoms. The topological polar surface area (TPSA) is 150 Å². The summed E-state index contributed by atoms with van der Waals surface area (Å²) in [6.07, 6.45) is 0.173. The third-order valence-corrected chi connectivity index (χ3v) is 10.9. The second-order valence-electron chi connectivity index (χ2n) is 16.4. The van der Waals surface area contributed by atoms with E-state index in [0.717, 1.165) is 33.4 Å². The molecule has 1 heterocycles. The Kier molecular flexibility index (Phi) is 14.6. The van der Waals surface area contributed by atoms with E-state index in [4.69, 9.17) is 18.9 Å². The SMILES string of the molecule is CC(C)(C)OC(=O)NCCCC[C@@H](CC(=O)OCC1c2ccccc2-c2ccccc21)C(=O)N1CCC(NC(=O)OCc2ccccc2)(C(=O)OCc2ccccc2)CC1. The van der Waals surface area contributed by atoms with Crippen LogP contribution in [-0.2, 0) is 46.5 Å². The van der Waals surface area contributed by atoms with Gasteiger partial charge >= 0.3 is 24.1 Å². The van der Waals surface area contributed by atoms with Crippen LogP contribution in [0.15, 0.2) is 109 Å². The van der Waals surface area contributed by atoms with E-state index in [9.17, 15) is 24.0 Å². The number of likely N-dealkylation sites (tertiary alicyclic amines) is 1. The number of alkyl carbamates (subject to hydrolysis) is 2. The van der Waals surface area contributed by atoms with Crippen molar-refractivity contribution in [3.8, 4) is 11.1 Å². The van der Waals surface area contributed by atoms with Gasteiger partial charge in [0.2, 0.25) is 5.91 Å². The smallest absolute Gasteiger partial charge is 0.408 e. The number of carbonyl (C=O) groups is 5. The molecule has 0 saturated carbocycles. The zero-order chi connectivity index (χ0) is 42.5. The minimum atomic E-state index is -1.45. The van der Waals surface area contributed by atoms with E-state index in [1.54, 1.807) is 25.7 Å². The van der Waals surface area contributed by atoms with Crippen LogP contribution in [-0.4, -0.2) is 72.3 Å². The number of piperidine rings is 1. The van der Waals surface area contributed by atoms with Gasteiger partial charge in [0.25, 0.3) is 0 Å². The van der Waals surface area contributed by atoms with Crippen molar-refractivity contribution in [3.05, 3.63) is 131 Å². The van der Waals surface area contributed by atoms with E-state index in [-0.39, 0.29) is 64.0 Å². The summed E-state index contributed by atoms with van der Waals surface area (Å²) in [5.41, 5.74) is 3.91. The maximum Gasteiger partial charge on any atom is 0.408 e. The molecule has 1 aliphatic heterocycles. The van der Waals surface area contributed by atoms with Crippen molar-refractivity contribution >= 4 is 30.0 Å². The average Bonchev–Trinajstić information content (AvgIpc) is 3.57. The third-order valence-electron chi connectivity index (χ3n) is 10.9. The Morgan fingerprint density at radius 2 is 1.25 bits per heavy atom. The van der Waals surface area contributed by atoms with Crippen LogP contribution in [0.4, 0.5) is 9.59 Å². The van der Waals surface area contributed by atoms with E-state index in [1.807, 2.05) is 84.9 Å². The lowest BCUT2D eigenvalue weighted by atomic mass is 9.86. The standard InChI is InChI=1S/C48H55N3O9/c1-47(2,3)60-45(55)49-27-15-14-20-36(30-42(52)57-33-41-39-23-12-10-21-37(39)38-22-11-13-24-40(38)41)43(53)51-28-25-48(26-29-51,44(54)58-31-34-16-6-4-7-17-34)50-46(56)59-32-35-18-8-5-9-19-35/h4-13,16-19,21-24,36,41H,14-15,20,25-33H2,1-3H3,(H,49,55)(H,50,56)/t36-/m0/s1. The summed E-state index contributed by atoms with van der Waals surface area (Å²) in [6.45, 7) is 6.11. The zero-order valence-electron chi connectivity index (χ0n) is 34.7. The van der Waals surface area contributed by atoms with Crippen LogP contribution in [0.3, 0.4) is 0 Å². The Morgan fingerprint density at radius 3 is 1.83 bits per heavy atom. The number of hydrogen-bond acceptors (Lipinski definition) is 9. The molecule has 3 amide bonds. The van der Waals surface area contributed by atoms with Gasteiger partial charge in [-0.05, 0) is 79.8 Å². The van der Waals surface area contributed by atoms with Crippen LogP contribution in [0.1, 0.15) is 87.5 Å². The van der Waals surface area contributed by atoms with Crippen molar-refractivity contribution in [3.63, 3.8) is 0 Å². The molecule has 6 rings (SSSR count). The van der Waals surface area contributed by atoms with Crippen LogP contribution in [0.2, 0.25) is 0 Å². The minimum absolute atomic E-state index is 0.00973. The number of ether oxygens (including phenoxy) is 4. The molecule has 0 bridgehead atoms. The van der Waals surface area contributed by atoms with Gasteiger partial charge < -0.3 is 34.5 Å². The van der Waals surface area contributed by atoms with Crippen molar-refractivity contribution in [2.24, 2.45) is 5.92 Å². The molecule has 1 atom stereocenters. The van der Waals surface area contributed by atoms with Crippen molar-refractivity contribution in [2.45, 2.75) is 89.6 Å². The summed E-state index contributed by atoms with van der Waals surface area (Å²) in [6, 6.07) is 34.6. The minimum Gasteiger partial charge on any atom is -0.465 e. The second kappa shape index (κ2) is 20.2. The molecule has 12 heteroatoms. The number of amides is 3. The highest BCUT2D eigenvalue weighted by atomic mass is 16.6. The monoisotopic (exact) mass is 817 g/mol. The molecular weight excluding hydrogens is 763 g/mol. The Hall–Kier alpha value is -6.17. The molecule has 2 aliphatic rings. The van der Waals surface area contributed by atoms with Crippen molar-refractivity contribution < 1.29 is 42.9 Å². The molecule has 60 heavy (non-hydrogen) atoms. The summed E-state index contributed by atoms with van der Waals surface area (Å²) in [5.74, 6) is -2.20. The fraction of sp³-hybridized carbons (Fsp3) is 0.396. The lowest BCUT2D eigenvalue weighted by Crippen LogP contribution is -2.61. The summed E-state index contributed by atoms with van der Waals surface area (Å²) in [5, 5.41) is 5.55. The summed E-state index contributed by atoms with van der Waals surface area (Å²) in [4.78, 5) is 68.8. The van der Waals surface area contributed by atoms with Gasteiger partial charge in [0.05, 0.1) is 6.42 Å². The predicted octanol–water partition coefficient (Wildman–Crippen LogP) is 8.07. The number of rotatable bonds is 16. The predicted molar refractivity (Wildman–Crippen MR) is 225 cm³/mol. The third kappa shape index (κ3) is 11.7. The number of nitrogens with one attached hydrogen (secondary N) is 2. The van der Waals surface area contributed by atoms with Crippen molar-refractivity contribution in [2.75, 3.05) is 26.2 Å². The molecule has 2 N–H and O–H groups in total. The van der Waals surface area contributed by atoms with Gasteiger partial charge in [-0.1, -0.05) is 116 Å². The fourth-order valence-electron chi connectivity index (χ4n) is 7.77. The van der Waals surface area contributed by atoms with Gasteiger partial charge in [-0.15, -0.1) is 0 Å². The molecule has 12 nitrogen and oxygen atoms in total. The largest absolute Gasteiger partial charge is 0.465 e. The number of fused-ring (bicyclic) bond motifs is 3. The molecule has 0 radical (unpaired) electrons. The number of benzene rings is 4. The van der Waals surface area contributed by atoms with Crippen molar-refractivity contribution in [1.82, 2.24) is 15.5 Å². The van der Waals surface area contributed by atoms with Gasteiger partial charge in [-0.3, -0.25) is 9.59 Å². The van der Waals surface area contributed by atoms with Crippen LogP contribution >= 0.6 is 0 Å². The van der Waals surface area contributed by atoms with E-state index >= 15 is 0 Å². The Bertz CT molecular complexity index is 2050. The number of nitrogens with zero attached hydrogens (tertiary/aromatic N) is 1. The van der Waals surface area contributed by atoms with Crippen LogP contribution in [0, 0.1) is 5.92 Å². The van der Waals surface area contributed by atoms with Gasteiger partial charge in [0.15, 0.2) is 0 Å². The van der Waals surface area contributed by atoms with E-state index < -0.39 is 41.2 Å². The van der Waals surface area contributed by atoms with Gasteiger partial charge in [0, 0.05) is 31.5 Å². The Balaban J connectivity index is 1.11. The van der Waals surface area contributed by atoms with Gasteiger partial charge in [0.1, 0.15) is 31.0 Å². The summed E-state index contributed by atoms with van der Waals surface area (Å²) in [7, 11) is 0. The highest BCUT2D eigenvalue weighted by Gasteiger charge is 2.46. The quantitative estimate of drug-likeness (QED) is 0.0650. The first-order valence-corrected chi connectivity index (χ1v) is 20.7. The molecule has 4 aromatic rings. The average molecular weight is 818 g/mol. The number of unbranched alkanes of at least 4 members (excludes halogenated alkanes) is 1. The molecule has 4 aromatic carbocycles. The molecule has 1 fully saturated rings. The Labute approximate surface area is 351 Å². The molecule has 316 valence electrons. The second-order valence-corrected chi connectivity index (χ2v) is 16.4. The zero-order valence-corrected chi connectivity index (χ0v) is 34.7. The van der Waals surface area contributed by atoms with Crippen LogP contribution < -0.4 is 10.6 Å². The molecule has 0 aromatic heterocycles. The molecular formula is C48H55N3O9. The fourth-order valence-corrected chi connectivity index (χ4v) is 7.77. The number of carbonyl (C=O) groups excluding carboxylic acids is 5. The maximum atomic E-state index is 14.3. The number of hydrogen-bond donors (Lipinski definition) is 2. The lowest BCUT2D eigenvalue weighted by molar-refractivity contribution is -0.157. The summed E-state index contributed by atoms with van der Waals surface area (Å²) >= 11 is 0. The molecule has 1 aliphatic carbocycles. The number of esters is 2.